The highest BCUT2D eigenvalue weighted by Gasteiger charge is 2.21. The van der Waals surface area contributed by atoms with Crippen molar-refractivity contribution in [2.75, 3.05) is 38.5 Å². The molecule has 1 aliphatic heterocycles. The molecule has 1 aromatic rings. The minimum atomic E-state index is 0.441. The molecule has 0 aromatic carbocycles. The van der Waals surface area contributed by atoms with Gasteiger partial charge in [0, 0.05) is 31.4 Å². The van der Waals surface area contributed by atoms with Gasteiger partial charge in [-0.2, -0.15) is 0 Å². The third kappa shape index (κ3) is 3.40. The Morgan fingerprint density at radius 3 is 2.78 bits per heavy atom. The average Bonchev–Trinajstić information content (AvgIpc) is 2.83. The van der Waals surface area contributed by atoms with Gasteiger partial charge >= 0.3 is 0 Å². The first-order valence-electron chi connectivity index (χ1n) is 6.63. The zero-order chi connectivity index (χ0) is 13.0. The van der Waals surface area contributed by atoms with Crippen molar-refractivity contribution in [1.29, 1.82) is 0 Å². The topological polar surface area (TPSA) is 67.1 Å². The summed E-state index contributed by atoms with van der Waals surface area (Å²) in [4.78, 5) is 11.1. The summed E-state index contributed by atoms with van der Waals surface area (Å²) in [5.41, 5.74) is 6.82. The predicted molar refractivity (Wildman–Crippen MR) is 73.6 cm³/mol. The monoisotopic (exact) mass is 249 g/mol. The van der Waals surface area contributed by atoms with Gasteiger partial charge in [0.25, 0.3) is 0 Å². The Morgan fingerprint density at radius 2 is 2.22 bits per heavy atom. The number of likely N-dealkylation sites (tertiary alicyclic amines) is 1. The second-order valence-corrected chi connectivity index (χ2v) is 5.31. The summed E-state index contributed by atoms with van der Waals surface area (Å²) in [6, 6.07) is 0. The van der Waals surface area contributed by atoms with Crippen LogP contribution in [0, 0.1) is 5.92 Å². The number of nitrogens with two attached hydrogens (primary N) is 1. The quantitative estimate of drug-likeness (QED) is 0.811. The molecule has 0 amide bonds. The Hall–Kier alpha value is -1.20. The van der Waals surface area contributed by atoms with E-state index in [4.69, 9.17) is 5.73 Å². The molecule has 0 radical (unpaired) electrons. The molecule has 5 heteroatoms. The summed E-state index contributed by atoms with van der Waals surface area (Å²) in [5.74, 6) is 1.73. The predicted octanol–water partition coefficient (Wildman–Crippen LogP) is 0.902. The molecule has 1 aliphatic rings. The van der Waals surface area contributed by atoms with Crippen molar-refractivity contribution in [2.45, 2.75) is 19.3 Å². The number of anilines is 1. The van der Waals surface area contributed by atoms with Crippen molar-refractivity contribution < 1.29 is 0 Å². The van der Waals surface area contributed by atoms with Gasteiger partial charge in [0.1, 0.15) is 0 Å². The summed E-state index contributed by atoms with van der Waals surface area (Å²) in [6.45, 7) is 5.89. The van der Waals surface area contributed by atoms with Crippen LogP contribution in [-0.2, 0) is 0 Å². The molecule has 2 unspecified atom stereocenters. The van der Waals surface area contributed by atoms with E-state index in [0.29, 0.717) is 24.3 Å². The van der Waals surface area contributed by atoms with Gasteiger partial charge in [-0.1, -0.05) is 6.92 Å². The van der Waals surface area contributed by atoms with Gasteiger partial charge in [-0.05, 0) is 38.0 Å². The smallest absolute Gasteiger partial charge is 0.222 e. The zero-order valence-electron chi connectivity index (χ0n) is 11.3. The maximum Gasteiger partial charge on any atom is 0.222 e. The lowest BCUT2D eigenvalue weighted by Crippen LogP contribution is -2.20. The number of aromatic nitrogens is 2. The number of nitrogens with one attached hydrogen (secondary N) is 1. The van der Waals surface area contributed by atoms with E-state index in [1.54, 1.807) is 0 Å². The SMILES string of the molecule is CC(CN)CNc1ncc(C2CCN(C)C2)cn1. The van der Waals surface area contributed by atoms with Crippen LogP contribution in [0.5, 0.6) is 0 Å². The van der Waals surface area contributed by atoms with E-state index in [0.717, 1.165) is 13.1 Å². The summed E-state index contributed by atoms with van der Waals surface area (Å²) in [5, 5.41) is 3.21. The van der Waals surface area contributed by atoms with E-state index < -0.39 is 0 Å². The van der Waals surface area contributed by atoms with Crippen molar-refractivity contribution in [3.8, 4) is 0 Å². The van der Waals surface area contributed by atoms with Gasteiger partial charge in [-0.15, -0.1) is 0 Å². The molecule has 0 spiro atoms. The second kappa shape index (κ2) is 6.11. The van der Waals surface area contributed by atoms with E-state index in [9.17, 15) is 0 Å². The molecule has 0 aliphatic carbocycles. The van der Waals surface area contributed by atoms with Crippen LogP contribution in [0.25, 0.3) is 0 Å². The van der Waals surface area contributed by atoms with Crippen LogP contribution in [-0.4, -0.2) is 48.1 Å². The molecule has 1 aromatic heterocycles. The first-order valence-corrected chi connectivity index (χ1v) is 6.63. The molecule has 2 atom stereocenters. The molecule has 2 rings (SSSR count). The summed E-state index contributed by atoms with van der Waals surface area (Å²) < 4.78 is 0. The molecule has 2 heterocycles. The molecule has 0 bridgehead atoms. The van der Waals surface area contributed by atoms with Gasteiger partial charge in [0.05, 0.1) is 0 Å². The van der Waals surface area contributed by atoms with Crippen molar-refractivity contribution in [3.63, 3.8) is 0 Å². The van der Waals surface area contributed by atoms with Crippen LogP contribution in [0.2, 0.25) is 0 Å². The van der Waals surface area contributed by atoms with E-state index in [2.05, 4.69) is 34.2 Å². The van der Waals surface area contributed by atoms with Gasteiger partial charge < -0.3 is 16.0 Å². The molecule has 1 saturated heterocycles. The van der Waals surface area contributed by atoms with Crippen LogP contribution in [0.1, 0.15) is 24.8 Å². The van der Waals surface area contributed by atoms with E-state index in [1.807, 2.05) is 12.4 Å². The zero-order valence-corrected chi connectivity index (χ0v) is 11.3. The largest absolute Gasteiger partial charge is 0.354 e. The third-order valence-corrected chi connectivity index (χ3v) is 3.55. The van der Waals surface area contributed by atoms with E-state index in [-0.39, 0.29) is 0 Å². The molecule has 3 N–H and O–H groups in total. The fourth-order valence-electron chi connectivity index (χ4n) is 2.20. The van der Waals surface area contributed by atoms with Crippen LogP contribution >= 0.6 is 0 Å². The lowest BCUT2D eigenvalue weighted by molar-refractivity contribution is 0.411. The van der Waals surface area contributed by atoms with Gasteiger partial charge in [0.15, 0.2) is 0 Å². The Kier molecular flexibility index (Phi) is 4.49. The second-order valence-electron chi connectivity index (χ2n) is 5.31. The molecule has 5 nitrogen and oxygen atoms in total. The molecule has 0 saturated carbocycles. The van der Waals surface area contributed by atoms with Crippen molar-refractivity contribution in [3.05, 3.63) is 18.0 Å². The highest BCUT2D eigenvalue weighted by molar-refractivity contribution is 5.26. The van der Waals surface area contributed by atoms with Crippen LogP contribution in [0.15, 0.2) is 12.4 Å². The van der Waals surface area contributed by atoms with Crippen molar-refractivity contribution >= 4 is 5.95 Å². The Balaban J connectivity index is 1.89. The molecular formula is C13H23N5. The van der Waals surface area contributed by atoms with E-state index in [1.165, 1.54) is 18.5 Å². The standard InChI is InChI=1S/C13H23N5/c1-10(5-14)6-15-13-16-7-12(8-17-13)11-3-4-18(2)9-11/h7-8,10-11H,3-6,9,14H2,1-2H3,(H,15,16,17). The van der Waals surface area contributed by atoms with Crippen LogP contribution in [0.3, 0.4) is 0 Å². The highest BCUT2D eigenvalue weighted by atomic mass is 15.1. The molecule has 1 fully saturated rings. The number of hydrogen-bond donors (Lipinski definition) is 2. The van der Waals surface area contributed by atoms with Crippen LogP contribution < -0.4 is 11.1 Å². The first-order chi connectivity index (χ1) is 8.69. The fourth-order valence-corrected chi connectivity index (χ4v) is 2.20. The van der Waals surface area contributed by atoms with Gasteiger partial charge in [-0.25, -0.2) is 9.97 Å². The lowest BCUT2D eigenvalue weighted by atomic mass is 10.0. The van der Waals surface area contributed by atoms with Crippen molar-refractivity contribution in [1.82, 2.24) is 14.9 Å². The summed E-state index contributed by atoms with van der Waals surface area (Å²) >= 11 is 0. The molecular weight excluding hydrogens is 226 g/mol. The Bertz CT molecular complexity index is 364. The molecule has 100 valence electrons. The minimum absolute atomic E-state index is 0.441. The number of nitrogens with zero attached hydrogens (tertiary/aromatic N) is 3. The minimum Gasteiger partial charge on any atom is -0.354 e. The number of likely N-dealkylation sites (N-methyl/N-ethyl adjacent to an activating group) is 1. The maximum atomic E-state index is 5.57. The molecule has 18 heavy (non-hydrogen) atoms. The summed E-state index contributed by atoms with van der Waals surface area (Å²) in [7, 11) is 2.16. The Morgan fingerprint density at radius 1 is 1.50 bits per heavy atom. The highest BCUT2D eigenvalue weighted by Crippen LogP contribution is 2.25. The van der Waals surface area contributed by atoms with Gasteiger partial charge in [-0.3, -0.25) is 0 Å². The lowest BCUT2D eigenvalue weighted by Gasteiger charge is -2.12. The maximum absolute atomic E-state index is 5.57. The van der Waals surface area contributed by atoms with Gasteiger partial charge in [0.2, 0.25) is 5.95 Å². The third-order valence-electron chi connectivity index (χ3n) is 3.55. The van der Waals surface area contributed by atoms with E-state index >= 15 is 0 Å². The summed E-state index contributed by atoms with van der Waals surface area (Å²) in [6.07, 6.45) is 5.11. The normalized spacial score (nSPS) is 22.1. The Labute approximate surface area is 109 Å². The van der Waals surface area contributed by atoms with Crippen LogP contribution in [0.4, 0.5) is 5.95 Å². The number of rotatable bonds is 5. The van der Waals surface area contributed by atoms with Crippen molar-refractivity contribution in [2.24, 2.45) is 11.7 Å². The fraction of sp³-hybridized carbons (Fsp3) is 0.692. The average molecular weight is 249 g/mol. The first kappa shape index (κ1) is 13.2. The number of hydrogen-bond acceptors (Lipinski definition) is 5.